The molecule has 0 aliphatic rings. The zero-order valence-corrected chi connectivity index (χ0v) is 9.52. The van der Waals surface area contributed by atoms with Crippen LogP contribution in [0.25, 0.3) is 0 Å². The van der Waals surface area contributed by atoms with E-state index in [2.05, 4.69) is 19.4 Å². The van der Waals surface area contributed by atoms with Gasteiger partial charge in [0.15, 0.2) is 0 Å². The van der Waals surface area contributed by atoms with Crippen molar-refractivity contribution in [1.29, 1.82) is 0 Å². The Bertz CT molecular complexity index is 120. The molecule has 0 saturated carbocycles. The maximum absolute atomic E-state index is 11.1. The third-order valence-electron chi connectivity index (χ3n) is 0.577. The maximum atomic E-state index is 9.91. The first-order chi connectivity index (χ1) is 4.72. The summed E-state index contributed by atoms with van der Waals surface area (Å²) >= 11 is -11.1. The SMILES string of the molecule is CC[S+](C)C.F[As-](F)(F)(F)(F)F. The Morgan fingerprint density at radius 2 is 1.00 bits per heavy atom. The van der Waals surface area contributed by atoms with Crippen molar-refractivity contribution < 1.29 is 20.8 Å². The van der Waals surface area contributed by atoms with Gasteiger partial charge in [-0.15, -0.1) is 0 Å². The van der Waals surface area contributed by atoms with Gasteiger partial charge in [-0.2, -0.15) is 0 Å². The van der Waals surface area contributed by atoms with Crippen LogP contribution in [0.1, 0.15) is 6.92 Å². The molecule has 0 nitrogen and oxygen atoms in total. The van der Waals surface area contributed by atoms with Crippen LogP contribution in [-0.2, 0) is 10.9 Å². The van der Waals surface area contributed by atoms with Crippen LogP contribution in [-0.4, -0.2) is 32.4 Å². The van der Waals surface area contributed by atoms with Crippen LogP contribution < -0.4 is 0 Å². The van der Waals surface area contributed by atoms with Gasteiger partial charge in [-0.1, -0.05) is 0 Å². The number of halogens is 6. The van der Waals surface area contributed by atoms with Crippen LogP contribution in [0.15, 0.2) is 0 Å². The summed E-state index contributed by atoms with van der Waals surface area (Å²) in [6.45, 7) is 2.21. The molecular formula is C4H11AsF6S. The number of hydrogen-bond acceptors (Lipinski definition) is 0. The molecule has 80 valence electrons. The summed E-state index contributed by atoms with van der Waals surface area (Å²) in [6, 6.07) is 0. The molecule has 0 saturated heterocycles. The molecule has 0 aromatic heterocycles. The van der Waals surface area contributed by atoms with Gasteiger partial charge in [0, 0.05) is 0 Å². The zero-order valence-electron chi connectivity index (χ0n) is 6.83. The molecule has 0 fully saturated rings. The van der Waals surface area contributed by atoms with E-state index >= 15 is 0 Å². The van der Waals surface area contributed by atoms with Crippen molar-refractivity contribution in [3.63, 3.8) is 0 Å². The van der Waals surface area contributed by atoms with Gasteiger partial charge < -0.3 is 0 Å². The first kappa shape index (κ1) is 15.0. The van der Waals surface area contributed by atoms with Gasteiger partial charge in [0.2, 0.25) is 0 Å². The molecule has 0 amide bonds. The molecule has 0 bridgehead atoms. The second-order valence-corrected chi connectivity index (χ2v) is 8.80. The van der Waals surface area contributed by atoms with Crippen molar-refractivity contribution in [2.75, 3.05) is 18.3 Å². The Morgan fingerprint density at radius 1 is 0.917 bits per heavy atom. The van der Waals surface area contributed by atoms with Crippen LogP contribution in [0.5, 0.6) is 0 Å². The van der Waals surface area contributed by atoms with Crippen LogP contribution in [0.4, 0.5) is 20.8 Å². The number of rotatable bonds is 1. The predicted octanol–water partition coefficient (Wildman–Crippen LogP) is 3.02. The molecule has 0 heterocycles. The second kappa shape index (κ2) is 3.33. The van der Waals surface area contributed by atoms with Crippen molar-refractivity contribution in [3.8, 4) is 0 Å². The van der Waals surface area contributed by atoms with E-state index < -0.39 is 14.2 Å². The van der Waals surface area contributed by atoms with Gasteiger partial charge >= 0.3 is 35.0 Å². The second-order valence-electron chi connectivity index (χ2n) is 2.23. The first-order valence-electron chi connectivity index (χ1n) is 2.83. The van der Waals surface area contributed by atoms with Crippen LogP contribution in [0.2, 0.25) is 0 Å². The molecule has 12 heavy (non-hydrogen) atoms. The van der Waals surface area contributed by atoms with E-state index in [-0.39, 0.29) is 0 Å². The molecule has 0 N–H and O–H groups in total. The summed E-state index contributed by atoms with van der Waals surface area (Å²) in [4.78, 5) is 0. The molecule has 8 heteroatoms. The summed E-state index contributed by atoms with van der Waals surface area (Å²) in [5, 5.41) is 0. The molecular weight excluding hydrogens is 269 g/mol. The van der Waals surface area contributed by atoms with E-state index in [4.69, 9.17) is 0 Å². The normalized spacial score (nSPS) is 17.5. The van der Waals surface area contributed by atoms with Gasteiger partial charge in [0.05, 0.1) is 12.5 Å². The quantitative estimate of drug-likeness (QED) is 0.393. The molecule has 0 spiro atoms. The molecule has 0 atom stereocenters. The number of hydrogen-bond donors (Lipinski definition) is 0. The van der Waals surface area contributed by atoms with Gasteiger partial charge in [-0.25, -0.2) is 0 Å². The van der Waals surface area contributed by atoms with Crippen LogP contribution >= 0.6 is 0 Å². The van der Waals surface area contributed by atoms with Gasteiger partial charge in [-0.05, 0) is 17.8 Å². The first-order valence-corrected chi connectivity index (χ1v) is 9.29. The van der Waals surface area contributed by atoms with Crippen molar-refractivity contribution in [2.45, 2.75) is 6.92 Å². The Balaban J connectivity index is 0. The molecule has 0 aromatic carbocycles. The molecule has 0 radical (unpaired) electrons. The van der Waals surface area contributed by atoms with E-state index in [1.807, 2.05) is 0 Å². The standard InChI is InChI=1S/C4H11S.AsF6/c1-4-5(2)3;2-1(3,4,5,6)7/h4H2,1-3H3;/q+1;-1. The minimum atomic E-state index is -11.1. The van der Waals surface area contributed by atoms with Crippen molar-refractivity contribution in [2.24, 2.45) is 0 Å². The summed E-state index contributed by atoms with van der Waals surface area (Å²) in [7, 11) is 0.677. The molecule has 0 unspecified atom stereocenters. The fraction of sp³-hybridized carbons (Fsp3) is 1.00. The molecule has 0 aliphatic carbocycles. The van der Waals surface area contributed by atoms with E-state index in [0.717, 1.165) is 0 Å². The Kier molecular flexibility index (Phi) is 4.15. The third kappa shape index (κ3) is 152. The summed E-state index contributed by atoms with van der Waals surface area (Å²) in [5.74, 6) is 1.33. The monoisotopic (exact) mass is 280 g/mol. The average Bonchev–Trinajstić information content (AvgIpc) is 1.56. The topological polar surface area (TPSA) is 0 Å². The molecule has 0 aliphatic heterocycles. The fourth-order valence-corrected chi connectivity index (χ4v) is 0. The van der Waals surface area contributed by atoms with Crippen molar-refractivity contribution in [3.05, 3.63) is 0 Å². The van der Waals surface area contributed by atoms with E-state index in [9.17, 15) is 20.8 Å². The summed E-state index contributed by atoms with van der Waals surface area (Å²) in [5.41, 5.74) is 0. The zero-order chi connectivity index (χ0) is 10.7. The Morgan fingerprint density at radius 3 is 1.00 bits per heavy atom. The molecule has 0 aromatic rings. The molecule has 0 rings (SSSR count). The van der Waals surface area contributed by atoms with E-state index in [0.29, 0.717) is 10.9 Å². The van der Waals surface area contributed by atoms with Crippen molar-refractivity contribution in [1.82, 2.24) is 0 Å². The predicted molar refractivity (Wildman–Crippen MR) is 42.2 cm³/mol. The Labute approximate surface area is 71.5 Å². The van der Waals surface area contributed by atoms with Crippen LogP contribution in [0.3, 0.4) is 0 Å². The fourth-order valence-electron chi connectivity index (χ4n) is 0. The Hall–Kier alpha value is 0.488. The summed E-state index contributed by atoms with van der Waals surface area (Å²) < 4.78 is 59.4. The summed E-state index contributed by atoms with van der Waals surface area (Å²) in [6.07, 6.45) is 4.50. The van der Waals surface area contributed by atoms with Gasteiger partial charge in [0.1, 0.15) is 5.75 Å². The van der Waals surface area contributed by atoms with E-state index in [1.165, 1.54) is 5.75 Å². The van der Waals surface area contributed by atoms with Gasteiger partial charge in [0.25, 0.3) is 0 Å². The van der Waals surface area contributed by atoms with Crippen molar-refractivity contribution >= 4 is 25.1 Å². The van der Waals surface area contributed by atoms with Crippen LogP contribution in [0, 0.1) is 0 Å². The average molecular weight is 280 g/mol. The minimum absolute atomic E-state index is 0.677. The van der Waals surface area contributed by atoms with Gasteiger partial charge in [-0.3, -0.25) is 0 Å². The third-order valence-corrected chi connectivity index (χ3v) is 1.73. The van der Waals surface area contributed by atoms with E-state index in [1.54, 1.807) is 0 Å².